The van der Waals surface area contributed by atoms with Crippen LogP contribution < -0.4 is 11.5 Å². The van der Waals surface area contributed by atoms with E-state index in [4.69, 9.17) is 11.5 Å². The molecule has 0 amide bonds. The molecule has 2 aromatic carbocycles. The summed E-state index contributed by atoms with van der Waals surface area (Å²) in [6.45, 7) is 0. The maximum atomic E-state index is 13.1. The van der Waals surface area contributed by atoms with Crippen LogP contribution in [0.25, 0.3) is 10.8 Å². The SMILES string of the molecule is Nc1c(F)c(F)c(N)c2ccccc12. The number of fused-ring (bicyclic) bond motifs is 1. The van der Waals surface area contributed by atoms with Crippen LogP contribution >= 0.6 is 0 Å². The summed E-state index contributed by atoms with van der Waals surface area (Å²) in [5.74, 6) is -2.16. The molecule has 4 N–H and O–H groups in total. The van der Waals surface area contributed by atoms with E-state index >= 15 is 0 Å². The Hall–Kier alpha value is -1.84. The van der Waals surface area contributed by atoms with Crippen LogP contribution in [0.3, 0.4) is 0 Å². The number of nitrogen functional groups attached to an aromatic ring is 2. The lowest BCUT2D eigenvalue weighted by Crippen LogP contribution is -2.01. The summed E-state index contributed by atoms with van der Waals surface area (Å²) in [7, 11) is 0. The van der Waals surface area contributed by atoms with Gasteiger partial charge >= 0.3 is 0 Å². The fraction of sp³-hybridized carbons (Fsp3) is 0. The summed E-state index contributed by atoms with van der Waals surface area (Å²) in [5.41, 5.74) is 10.4. The highest BCUT2D eigenvalue weighted by molar-refractivity contribution is 6.00. The van der Waals surface area contributed by atoms with E-state index in [0.717, 1.165) is 0 Å². The molecule has 2 nitrogen and oxygen atoms in total. The highest BCUT2D eigenvalue weighted by Crippen LogP contribution is 2.31. The van der Waals surface area contributed by atoms with E-state index in [2.05, 4.69) is 0 Å². The Morgan fingerprint density at radius 2 is 1.14 bits per heavy atom. The lowest BCUT2D eigenvalue weighted by atomic mass is 10.1. The molecular formula is C10H8F2N2. The Morgan fingerprint density at radius 1 is 0.786 bits per heavy atom. The first-order valence-electron chi connectivity index (χ1n) is 4.03. The number of benzene rings is 2. The summed E-state index contributed by atoms with van der Waals surface area (Å²) in [6, 6.07) is 6.58. The molecule has 2 rings (SSSR count). The van der Waals surface area contributed by atoms with Gasteiger partial charge in [-0.15, -0.1) is 0 Å². The lowest BCUT2D eigenvalue weighted by Gasteiger charge is -2.07. The number of rotatable bonds is 0. The van der Waals surface area contributed by atoms with Gasteiger partial charge in [-0.25, -0.2) is 8.78 Å². The average molecular weight is 194 g/mol. The van der Waals surface area contributed by atoms with Gasteiger partial charge in [-0.3, -0.25) is 0 Å². The molecule has 0 aliphatic rings. The van der Waals surface area contributed by atoms with Gasteiger partial charge in [0.25, 0.3) is 0 Å². The van der Waals surface area contributed by atoms with Gasteiger partial charge in [0.2, 0.25) is 0 Å². The maximum Gasteiger partial charge on any atom is 0.184 e. The number of anilines is 2. The van der Waals surface area contributed by atoms with Crippen LogP contribution in [0, 0.1) is 11.6 Å². The second-order valence-corrected chi connectivity index (χ2v) is 3.00. The summed E-state index contributed by atoms with van der Waals surface area (Å²) in [6.07, 6.45) is 0. The maximum absolute atomic E-state index is 13.1. The quantitative estimate of drug-likeness (QED) is 0.632. The van der Waals surface area contributed by atoms with E-state index in [9.17, 15) is 8.78 Å². The van der Waals surface area contributed by atoms with Gasteiger partial charge in [-0.1, -0.05) is 24.3 Å². The third-order valence-electron chi connectivity index (χ3n) is 2.17. The Morgan fingerprint density at radius 3 is 1.50 bits per heavy atom. The van der Waals surface area contributed by atoms with Gasteiger partial charge in [0.15, 0.2) is 11.6 Å². The van der Waals surface area contributed by atoms with E-state index < -0.39 is 11.6 Å². The first-order chi connectivity index (χ1) is 6.63. The van der Waals surface area contributed by atoms with Crippen molar-refractivity contribution in [1.29, 1.82) is 0 Å². The minimum absolute atomic E-state index is 0.202. The normalized spacial score (nSPS) is 10.7. The molecule has 0 spiro atoms. The fourth-order valence-corrected chi connectivity index (χ4v) is 1.43. The number of nitrogens with two attached hydrogens (primary N) is 2. The van der Waals surface area contributed by atoms with Crippen LogP contribution in [0.1, 0.15) is 0 Å². The van der Waals surface area contributed by atoms with Crippen LogP contribution in [0.5, 0.6) is 0 Å². The van der Waals surface area contributed by atoms with Crippen LogP contribution in [0.15, 0.2) is 24.3 Å². The molecule has 0 unspecified atom stereocenters. The molecule has 0 fully saturated rings. The van der Waals surface area contributed by atoms with E-state index in [-0.39, 0.29) is 11.4 Å². The largest absolute Gasteiger partial charge is 0.396 e. The molecule has 0 atom stereocenters. The van der Waals surface area contributed by atoms with Gasteiger partial charge in [0, 0.05) is 10.8 Å². The Labute approximate surface area is 79.1 Å². The van der Waals surface area contributed by atoms with Crippen molar-refractivity contribution in [2.75, 3.05) is 11.5 Å². The molecule has 0 heterocycles. The molecule has 0 radical (unpaired) electrons. The number of hydrogen-bond acceptors (Lipinski definition) is 2. The molecule has 0 saturated carbocycles. The average Bonchev–Trinajstić information content (AvgIpc) is 2.23. The molecular weight excluding hydrogens is 186 g/mol. The van der Waals surface area contributed by atoms with Crippen molar-refractivity contribution in [3.8, 4) is 0 Å². The first kappa shape index (κ1) is 8.74. The third-order valence-corrected chi connectivity index (χ3v) is 2.17. The van der Waals surface area contributed by atoms with Crippen LogP contribution in [0.4, 0.5) is 20.2 Å². The molecule has 0 aromatic heterocycles. The van der Waals surface area contributed by atoms with Crippen molar-refractivity contribution < 1.29 is 8.78 Å². The zero-order valence-corrected chi connectivity index (χ0v) is 7.22. The van der Waals surface area contributed by atoms with Crippen LogP contribution in [-0.2, 0) is 0 Å². The second-order valence-electron chi connectivity index (χ2n) is 3.00. The van der Waals surface area contributed by atoms with Crippen molar-refractivity contribution in [1.82, 2.24) is 0 Å². The van der Waals surface area contributed by atoms with Gasteiger partial charge < -0.3 is 11.5 Å². The van der Waals surface area contributed by atoms with E-state index in [1.807, 2.05) is 0 Å². The molecule has 2 aromatic rings. The van der Waals surface area contributed by atoms with Gasteiger partial charge in [-0.2, -0.15) is 0 Å². The second kappa shape index (κ2) is 2.83. The van der Waals surface area contributed by atoms with Crippen LogP contribution in [-0.4, -0.2) is 0 Å². The topological polar surface area (TPSA) is 52.0 Å². The standard InChI is InChI=1S/C10H8F2N2/c11-7-8(12)10(14)6-4-2-1-3-5(6)9(7)13/h1-4H,13-14H2. The summed E-state index contributed by atoms with van der Waals surface area (Å²) >= 11 is 0. The molecule has 4 heteroatoms. The zero-order valence-electron chi connectivity index (χ0n) is 7.22. The van der Waals surface area contributed by atoms with Crippen molar-refractivity contribution >= 4 is 22.1 Å². The Bertz CT molecular complexity index is 462. The molecule has 0 bridgehead atoms. The first-order valence-corrected chi connectivity index (χ1v) is 4.03. The van der Waals surface area contributed by atoms with E-state index in [1.165, 1.54) is 0 Å². The molecule has 0 saturated heterocycles. The van der Waals surface area contributed by atoms with Gasteiger partial charge in [0.1, 0.15) is 0 Å². The number of halogens is 2. The van der Waals surface area contributed by atoms with Gasteiger partial charge in [-0.05, 0) is 0 Å². The summed E-state index contributed by atoms with van der Waals surface area (Å²) in [4.78, 5) is 0. The van der Waals surface area contributed by atoms with Crippen molar-refractivity contribution in [2.24, 2.45) is 0 Å². The monoisotopic (exact) mass is 194 g/mol. The molecule has 14 heavy (non-hydrogen) atoms. The molecule has 0 aliphatic carbocycles. The number of hydrogen-bond donors (Lipinski definition) is 2. The van der Waals surface area contributed by atoms with Crippen molar-refractivity contribution in [3.05, 3.63) is 35.9 Å². The summed E-state index contributed by atoms with van der Waals surface area (Å²) in [5, 5.41) is 0.868. The highest BCUT2D eigenvalue weighted by atomic mass is 19.2. The summed E-state index contributed by atoms with van der Waals surface area (Å²) < 4.78 is 26.3. The zero-order chi connectivity index (χ0) is 10.3. The minimum Gasteiger partial charge on any atom is -0.396 e. The Balaban J connectivity index is 3.02. The van der Waals surface area contributed by atoms with E-state index in [0.29, 0.717) is 10.8 Å². The third kappa shape index (κ3) is 1.00. The van der Waals surface area contributed by atoms with Crippen LogP contribution in [0.2, 0.25) is 0 Å². The molecule has 0 aliphatic heterocycles. The smallest absolute Gasteiger partial charge is 0.184 e. The Kier molecular flexibility index (Phi) is 1.77. The van der Waals surface area contributed by atoms with Crippen molar-refractivity contribution in [2.45, 2.75) is 0 Å². The fourth-order valence-electron chi connectivity index (χ4n) is 1.43. The molecule has 72 valence electrons. The predicted octanol–water partition coefficient (Wildman–Crippen LogP) is 2.28. The van der Waals surface area contributed by atoms with Crippen molar-refractivity contribution in [3.63, 3.8) is 0 Å². The predicted molar refractivity (Wildman–Crippen MR) is 52.7 cm³/mol. The minimum atomic E-state index is -1.08. The lowest BCUT2D eigenvalue weighted by molar-refractivity contribution is 0.517. The van der Waals surface area contributed by atoms with Gasteiger partial charge in [0.05, 0.1) is 11.4 Å². The highest BCUT2D eigenvalue weighted by Gasteiger charge is 2.15. The van der Waals surface area contributed by atoms with E-state index in [1.54, 1.807) is 24.3 Å².